The van der Waals surface area contributed by atoms with Crippen molar-refractivity contribution < 1.29 is 9.90 Å². The Balaban J connectivity index is 2.84. The highest BCUT2D eigenvalue weighted by molar-refractivity contribution is 5.75. The Morgan fingerprint density at radius 2 is 2.20 bits per heavy atom. The standard InChI is InChI=1S/C6H14N2O2/c7-6(10)5-8-3-1-2-4-9/h8-9H,1-5H2,(H2,7,10). The van der Waals surface area contributed by atoms with Crippen molar-refractivity contribution in [2.24, 2.45) is 5.73 Å². The molecule has 60 valence electrons. The van der Waals surface area contributed by atoms with Gasteiger partial charge in [-0.2, -0.15) is 0 Å². The van der Waals surface area contributed by atoms with Gasteiger partial charge >= 0.3 is 0 Å². The maximum atomic E-state index is 10.1. The molecule has 0 radical (unpaired) electrons. The summed E-state index contributed by atoms with van der Waals surface area (Å²) in [5, 5.41) is 11.2. The summed E-state index contributed by atoms with van der Waals surface area (Å²) in [6.45, 7) is 1.17. The highest BCUT2D eigenvalue weighted by Crippen LogP contribution is 1.82. The summed E-state index contributed by atoms with van der Waals surface area (Å²) in [4.78, 5) is 10.1. The number of aliphatic hydroxyl groups is 1. The first-order valence-electron chi connectivity index (χ1n) is 3.37. The second-order valence-corrected chi connectivity index (χ2v) is 2.07. The number of nitrogens with one attached hydrogen (secondary N) is 1. The summed E-state index contributed by atoms with van der Waals surface area (Å²) in [5.74, 6) is -0.344. The van der Waals surface area contributed by atoms with Crippen LogP contribution in [0.15, 0.2) is 0 Å². The van der Waals surface area contributed by atoms with E-state index in [0.717, 1.165) is 19.4 Å². The smallest absolute Gasteiger partial charge is 0.231 e. The molecular weight excluding hydrogens is 132 g/mol. The van der Waals surface area contributed by atoms with Crippen molar-refractivity contribution in [1.82, 2.24) is 5.32 Å². The van der Waals surface area contributed by atoms with E-state index in [2.05, 4.69) is 5.32 Å². The molecule has 0 aliphatic heterocycles. The van der Waals surface area contributed by atoms with Crippen LogP contribution in [0, 0.1) is 0 Å². The lowest BCUT2D eigenvalue weighted by atomic mass is 10.3. The molecule has 10 heavy (non-hydrogen) atoms. The molecule has 0 fully saturated rings. The number of primary amides is 1. The fourth-order valence-corrected chi connectivity index (χ4v) is 0.573. The van der Waals surface area contributed by atoms with E-state index in [0.29, 0.717) is 0 Å². The van der Waals surface area contributed by atoms with Gasteiger partial charge in [0.15, 0.2) is 0 Å². The van der Waals surface area contributed by atoms with E-state index in [1.165, 1.54) is 0 Å². The normalized spacial score (nSPS) is 9.70. The van der Waals surface area contributed by atoms with Crippen molar-refractivity contribution in [2.75, 3.05) is 19.7 Å². The van der Waals surface area contributed by atoms with Gasteiger partial charge in [0.1, 0.15) is 0 Å². The van der Waals surface area contributed by atoms with Crippen molar-refractivity contribution in [3.63, 3.8) is 0 Å². The second-order valence-electron chi connectivity index (χ2n) is 2.07. The first kappa shape index (κ1) is 9.39. The third kappa shape index (κ3) is 7.39. The number of rotatable bonds is 6. The van der Waals surface area contributed by atoms with Gasteiger partial charge in [0.2, 0.25) is 5.91 Å². The summed E-state index contributed by atoms with van der Waals surface area (Å²) >= 11 is 0. The van der Waals surface area contributed by atoms with E-state index in [4.69, 9.17) is 10.8 Å². The molecule has 4 heteroatoms. The van der Waals surface area contributed by atoms with Crippen LogP contribution in [0.4, 0.5) is 0 Å². The van der Waals surface area contributed by atoms with Crippen LogP contribution in [-0.2, 0) is 4.79 Å². The number of hydrogen-bond acceptors (Lipinski definition) is 3. The van der Waals surface area contributed by atoms with Crippen LogP contribution in [-0.4, -0.2) is 30.7 Å². The molecule has 1 amide bonds. The summed E-state index contributed by atoms with van der Waals surface area (Å²) in [7, 11) is 0. The van der Waals surface area contributed by atoms with E-state index in [-0.39, 0.29) is 19.1 Å². The third-order valence-electron chi connectivity index (χ3n) is 1.06. The summed E-state index contributed by atoms with van der Waals surface area (Å²) in [6.07, 6.45) is 1.65. The minimum atomic E-state index is -0.344. The molecule has 4 nitrogen and oxygen atoms in total. The Morgan fingerprint density at radius 1 is 1.50 bits per heavy atom. The summed E-state index contributed by atoms with van der Waals surface area (Å²) in [6, 6.07) is 0. The van der Waals surface area contributed by atoms with Crippen LogP contribution in [0.3, 0.4) is 0 Å². The fourth-order valence-electron chi connectivity index (χ4n) is 0.573. The predicted molar refractivity (Wildman–Crippen MR) is 38.4 cm³/mol. The lowest BCUT2D eigenvalue weighted by molar-refractivity contribution is -0.117. The zero-order valence-electron chi connectivity index (χ0n) is 5.97. The fraction of sp³-hybridized carbons (Fsp3) is 0.833. The Bertz CT molecular complexity index is 95.7. The molecule has 0 saturated carbocycles. The average Bonchev–Trinajstić information content (AvgIpc) is 1.87. The van der Waals surface area contributed by atoms with E-state index in [9.17, 15) is 4.79 Å². The number of amides is 1. The Labute approximate surface area is 60.4 Å². The maximum absolute atomic E-state index is 10.1. The van der Waals surface area contributed by atoms with Gasteiger partial charge in [-0.1, -0.05) is 0 Å². The lowest BCUT2D eigenvalue weighted by Gasteiger charge is -1.98. The van der Waals surface area contributed by atoms with Crippen molar-refractivity contribution in [3.05, 3.63) is 0 Å². The van der Waals surface area contributed by atoms with Gasteiger partial charge in [0.25, 0.3) is 0 Å². The zero-order valence-corrected chi connectivity index (χ0v) is 5.97. The van der Waals surface area contributed by atoms with Gasteiger partial charge in [-0.3, -0.25) is 4.79 Å². The number of nitrogens with two attached hydrogens (primary N) is 1. The first-order chi connectivity index (χ1) is 4.77. The van der Waals surface area contributed by atoms with Crippen LogP contribution in [0.5, 0.6) is 0 Å². The zero-order chi connectivity index (χ0) is 7.82. The number of carbonyl (C=O) groups is 1. The predicted octanol–water partition coefficient (Wildman–Crippen LogP) is -1.17. The van der Waals surface area contributed by atoms with Gasteiger partial charge in [-0.05, 0) is 19.4 Å². The summed E-state index contributed by atoms with van der Waals surface area (Å²) in [5.41, 5.74) is 4.86. The van der Waals surface area contributed by atoms with Crippen molar-refractivity contribution in [3.8, 4) is 0 Å². The van der Waals surface area contributed by atoms with Gasteiger partial charge in [0, 0.05) is 6.61 Å². The van der Waals surface area contributed by atoms with Crippen LogP contribution in [0.1, 0.15) is 12.8 Å². The molecule has 0 aromatic carbocycles. The Morgan fingerprint density at radius 3 is 2.70 bits per heavy atom. The molecule has 0 rings (SSSR count). The van der Waals surface area contributed by atoms with Crippen molar-refractivity contribution >= 4 is 5.91 Å². The highest BCUT2D eigenvalue weighted by Gasteiger charge is 1.90. The topological polar surface area (TPSA) is 75.4 Å². The molecule has 4 N–H and O–H groups in total. The number of hydrogen-bond donors (Lipinski definition) is 3. The van der Waals surface area contributed by atoms with Crippen molar-refractivity contribution in [2.45, 2.75) is 12.8 Å². The quantitative estimate of drug-likeness (QED) is 0.413. The number of aliphatic hydroxyl groups excluding tert-OH is 1. The van der Waals surface area contributed by atoms with Crippen LogP contribution < -0.4 is 11.1 Å². The van der Waals surface area contributed by atoms with Crippen LogP contribution in [0.25, 0.3) is 0 Å². The minimum absolute atomic E-state index is 0.207. The molecule has 0 bridgehead atoms. The monoisotopic (exact) mass is 146 g/mol. The van der Waals surface area contributed by atoms with Gasteiger partial charge in [0.05, 0.1) is 6.54 Å². The second kappa shape index (κ2) is 6.51. The van der Waals surface area contributed by atoms with Gasteiger partial charge < -0.3 is 16.2 Å². The average molecular weight is 146 g/mol. The summed E-state index contributed by atoms with van der Waals surface area (Å²) < 4.78 is 0. The number of carbonyl (C=O) groups excluding carboxylic acids is 1. The molecule has 0 spiro atoms. The molecule has 0 heterocycles. The molecule has 0 saturated heterocycles. The van der Waals surface area contributed by atoms with E-state index >= 15 is 0 Å². The molecule has 0 aromatic heterocycles. The van der Waals surface area contributed by atoms with Crippen molar-refractivity contribution in [1.29, 1.82) is 0 Å². The van der Waals surface area contributed by atoms with E-state index in [1.807, 2.05) is 0 Å². The number of unbranched alkanes of at least 4 members (excludes halogenated alkanes) is 1. The molecule has 0 unspecified atom stereocenters. The molecule has 0 aliphatic rings. The Kier molecular flexibility index (Phi) is 6.11. The molecule has 0 atom stereocenters. The lowest BCUT2D eigenvalue weighted by Crippen LogP contribution is -2.29. The molecular formula is C6H14N2O2. The van der Waals surface area contributed by atoms with Gasteiger partial charge in [-0.25, -0.2) is 0 Å². The highest BCUT2D eigenvalue weighted by atomic mass is 16.2. The van der Waals surface area contributed by atoms with Crippen LogP contribution in [0.2, 0.25) is 0 Å². The SMILES string of the molecule is NC(=O)CNCCCCO. The minimum Gasteiger partial charge on any atom is -0.396 e. The Hall–Kier alpha value is -0.610. The van der Waals surface area contributed by atoms with E-state index in [1.54, 1.807) is 0 Å². The maximum Gasteiger partial charge on any atom is 0.231 e. The first-order valence-corrected chi connectivity index (χ1v) is 3.37. The largest absolute Gasteiger partial charge is 0.396 e. The molecule has 0 aromatic rings. The van der Waals surface area contributed by atoms with Gasteiger partial charge in [-0.15, -0.1) is 0 Å². The molecule has 0 aliphatic carbocycles. The third-order valence-corrected chi connectivity index (χ3v) is 1.06. The van der Waals surface area contributed by atoms with E-state index < -0.39 is 0 Å². The van der Waals surface area contributed by atoms with Crippen LogP contribution >= 0.6 is 0 Å².